The lowest BCUT2D eigenvalue weighted by molar-refractivity contribution is 1.29. The van der Waals surface area contributed by atoms with Crippen molar-refractivity contribution >= 4 is 16.9 Å². The lowest BCUT2D eigenvalue weighted by Gasteiger charge is -2.04. The fraction of sp³-hybridized carbons (Fsp3) is 0.182. The molecule has 0 aliphatic carbocycles. The molecule has 0 aliphatic heterocycles. The number of aromatic nitrogens is 2. The normalized spacial score (nSPS) is 10.1. The molecule has 14 heavy (non-hydrogen) atoms. The maximum Gasteiger partial charge on any atom is 0.0924 e. The molecule has 0 saturated carbocycles. The first kappa shape index (κ1) is 9.21. The van der Waals surface area contributed by atoms with E-state index in [1.165, 1.54) is 16.0 Å². The molecule has 0 radical (unpaired) electrons. The second kappa shape index (κ2) is 3.80. The Balaban J connectivity index is 2.52. The van der Waals surface area contributed by atoms with Crippen LogP contribution in [0.5, 0.6) is 0 Å². The van der Waals surface area contributed by atoms with Crippen LogP contribution in [-0.4, -0.2) is 9.97 Å². The highest BCUT2D eigenvalue weighted by Gasteiger charge is 2.08. The molecule has 0 unspecified atom stereocenters. The van der Waals surface area contributed by atoms with Crippen molar-refractivity contribution in [3.8, 4) is 0 Å². The SMILES string of the molecule is CC(C)=C(c1cnc[nH]1)c1cccs1. The van der Waals surface area contributed by atoms with Gasteiger partial charge in [0.1, 0.15) is 0 Å². The quantitative estimate of drug-likeness (QED) is 0.798. The van der Waals surface area contributed by atoms with Gasteiger partial charge in [-0.05, 0) is 25.3 Å². The third kappa shape index (κ3) is 1.63. The summed E-state index contributed by atoms with van der Waals surface area (Å²) in [6.07, 6.45) is 3.58. The Morgan fingerprint density at radius 3 is 2.79 bits per heavy atom. The molecule has 0 aliphatic rings. The number of allylic oxidation sites excluding steroid dienone is 1. The number of thiophene rings is 1. The van der Waals surface area contributed by atoms with Crippen molar-refractivity contribution in [3.63, 3.8) is 0 Å². The Labute approximate surface area is 87.3 Å². The van der Waals surface area contributed by atoms with E-state index in [-0.39, 0.29) is 0 Å². The summed E-state index contributed by atoms with van der Waals surface area (Å²) < 4.78 is 0. The van der Waals surface area contributed by atoms with Crippen LogP contribution in [0.1, 0.15) is 24.4 Å². The van der Waals surface area contributed by atoms with Crippen LogP contribution < -0.4 is 0 Å². The van der Waals surface area contributed by atoms with E-state index in [9.17, 15) is 0 Å². The predicted octanol–water partition coefficient (Wildman–Crippen LogP) is 3.31. The van der Waals surface area contributed by atoms with E-state index in [2.05, 4.69) is 41.3 Å². The molecule has 0 bridgehead atoms. The molecule has 3 heteroatoms. The van der Waals surface area contributed by atoms with Crippen molar-refractivity contribution in [1.29, 1.82) is 0 Å². The van der Waals surface area contributed by atoms with Gasteiger partial charge in [-0.25, -0.2) is 4.98 Å². The van der Waals surface area contributed by atoms with Crippen molar-refractivity contribution in [1.82, 2.24) is 9.97 Å². The van der Waals surface area contributed by atoms with E-state index in [1.807, 2.05) is 6.20 Å². The first-order valence-corrected chi connectivity index (χ1v) is 5.37. The summed E-state index contributed by atoms with van der Waals surface area (Å²) in [6, 6.07) is 4.20. The van der Waals surface area contributed by atoms with Crippen LogP contribution in [0.3, 0.4) is 0 Å². The van der Waals surface area contributed by atoms with Crippen LogP contribution in [0.15, 0.2) is 35.6 Å². The minimum absolute atomic E-state index is 1.09. The molecule has 0 aromatic carbocycles. The van der Waals surface area contributed by atoms with Crippen LogP contribution in [0.4, 0.5) is 0 Å². The topological polar surface area (TPSA) is 28.7 Å². The van der Waals surface area contributed by atoms with Crippen LogP contribution in [-0.2, 0) is 0 Å². The molecule has 0 spiro atoms. The van der Waals surface area contributed by atoms with Crippen LogP contribution in [0.2, 0.25) is 0 Å². The molecule has 72 valence electrons. The number of hydrogen-bond acceptors (Lipinski definition) is 2. The molecule has 2 aromatic heterocycles. The average molecular weight is 204 g/mol. The number of hydrogen-bond donors (Lipinski definition) is 1. The Hall–Kier alpha value is -1.35. The fourth-order valence-electron chi connectivity index (χ4n) is 1.46. The first-order chi connectivity index (χ1) is 6.79. The molecule has 0 saturated heterocycles. The predicted molar refractivity (Wildman–Crippen MR) is 60.3 cm³/mol. The zero-order valence-corrected chi connectivity index (χ0v) is 9.06. The van der Waals surface area contributed by atoms with Gasteiger partial charge in [0.25, 0.3) is 0 Å². The minimum Gasteiger partial charge on any atom is -0.345 e. The van der Waals surface area contributed by atoms with Gasteiger partial charge in [-0.1, -0.05) is 11.6 Å². The highest BCUT2D eigenvalue weighted by atomic mass is 32.1. The maximum absolute atomic E-state index is 4.05. The van der Waals surface area contributed by atoms with Crippen molar-refractivity contribution in [2.75, 3.05) is 0 Å². The molecule has 2 nitrogen and oxygen atoms in total. The summed E-state index contributed by atoms with van der Waals surface area (Å²) in [4.78, 5) is 8.48. The van der Waals surface area contributed by atoms with E-state index in [4.69, 9.17) is 0 Å². The van der Waals surface area contributed by atoms with Gasteiger partial charge >= 0.3 is 0 Å². The second-order valence-corrected chi connectivity index (χ2v) is 4.27. The minimum atomic E-state index is 1.09. The molecule has 2 aromatic rings. The van der Waals surface area contributed by atoms with E-state index < -0.39 is 0 Å². The molecule has 2 heterocycles. The van der Waals surface area contributed by atoms with Crippen molar-refractivity contribution in [3.05, 3.63) is 46.2 Å². The number of nitrogens with one attached hydrogen (secondary N) is 1. The number of nitrogens with zero attached hydrogens (tertiary/aromatic N) is 1. The van der Waals surface area contributed by atoms with E-state index >= 15 is 0 Å². The standard InChI is InChI=1S/C11H12N2S/c1-8(2)11(9-6-12-7-13-9)10-4-3-5-14-10/h3-7H,1-2H3,(H,12,13). The maximum atomic E-state index is 4.05. The Kier molecular flexibility index (Phi) is 2.50. The summed E-state index contributed by atoms with van der Waals surface area (Å²) in [5.41, 5.74) is 3.65. The highest BCUT2D eigenvalue weighted by Crippen LogP contribution is 2.28. The van der Waals surface area contributed by atoms with Gasteiger partial charge in [0.15, 0.2) is 0 Å². The molecule has 0 amide bonds. The third-order valence-electron chi connectivity index (χ3n) is 2.04. The Morgan fingerprint density at radius 2 is 2.29 bits per heavy atom. The number of aromatic amines is 1. The van der Waals surface area contributed by atoms with Gasteiger partial charge in [-0.2, -0.15) is 0 Å². The van der Waals surface area contributed by atoms with Gasteiger partial charge < -0.3 is 4.98 Å². The van der Waals surface area contributed by atoms with E-state index in [1.54, 1.807) is 17.7 Å². The molecule has 2 rings (SSSR count). The van der Waals surface area contributed by atoms with Crippen molar-refractivity contribution in [2.24, 2.45) is 0 Å². The lowest BCUT2D eigenvalue weighted by atomic mass is 10.1. The zero-order chi connectivity index (χ0) is 9.97. The van der Waals surface area contributed by atoms with Crippen molar-refractivity contribution < 1.29 is 0 Å². The number of H-pyrrole nitrogens is 1. The zero-order valence-electron chi connectivity index (χ0n) is 8.24. The van der Waals surface area contributed by atoms with Gasteiger partial charge in [0.05, 0.1) is 18.2 Å². The third-order valence-corrected chi connectivity index (χ3v) is 2.92. The van der Waals surface area contributed by atoms with E-state index in [0.29, 0.717) is 0 Å². The molecule has 0 atom stereocenters. The lowest BCUT2D eigenvalue weighted by Crippen LogP contribution is -1.87. The summed E-state index contributed by atoms with van der Waals surface area (Å²) in [6.45, 7) is 4.24. The van der Waals surface area contributed by atoms with Gasteiger partial charge in [0.2, 0.25) is 0 Å². The molecule has 0 fully saturated rings. The van der Waals surface area contributed by atoms with Gasteiger partial charge in [-0.3, -0.25) is 0 Å². The largest absolute Gasteiger partial charge is 0.345 e. The van der Waals surface area contributed by atoms with Crippen LogP contribution in [0.25, 0.3) is 5.57 Å². The summed E-state index contributed by atoms with van der Waals surface area (Å²) >= 11 is 1.75. The van der Waals surface area contributed by atoms with Crippen LogP contribution in [0, 0.1) is 0 Å². The first-order valence-electron chi connectivity index (χ1n) is 4.49. The second-order valence-electron chi connectivity index (χ2n) is 3.32. The fourth-order valence-corrected chi connectivity index (χ4v) is 2.35. The Morgan fingerprint density at radius 1 is 1.43 bits per heavy atom. The molecular weight excluding hydrogens is 192 g/mol. The number of imidazole rings is 1. The monoisotopic (exact) mass is 204 g/mol. The van der Waals surface area contributed by atoms with Gasteiger partial charge in [0, 0.05) is 10.5 Å². The Bertz CT molecular complexity index is 384. The smallest absolute Gasteiger partial charge is 0.0924 e. The number of rotatable bonds is 2. The highest BCUT2D eigenvalue weighted by molar-refractivity contribution is 7.11. The molecule has 1 N–H and O–H groups in total. The average Bonchev–Trinajstić information content (AvgIpc) is 2.75. The van der Waals surface area contributed by atoms with Crippen molar-refractivity contribution in [2.45, 2.75) is 13.8 Å². The summed E-state index contributed by atoms with van der Waals surface area (Å²) in [5.74, 6) is 0. The molecular formula is C11H12N2S. The van der Waals surface area contributed by atoms with Crippen LogP contribution >= 0.6 is 11.3 Å². The van der Waals surface area contributed by atoms with Gasteiger partial charge in [-0.15, -0.1) is 11.3 Å². The van der Waals surface area contributed by atoms with E-state index in [0.717, 1.165) is 5.69 Å². The summed E-state index contributed by atoms with van der Waals surface area (Å²) in [5, 5.41) is 2.09. The summed E-state index contributed by atoms with van der Waals surface area (Å²) in [7, 11) is 0.